The zero-order valence-electron chi connectivity index (χ0n) is 12.3. The molecule has 1 heterocycles. The van der Waals surface area contributed by atoms with Crippen LogP contribution in [0, 0.1) is 0 Å². The lowest BCUT2D eigenvalue weighted by Crippen LogP contribution is -3.00. The molecule has 4 nitrogen and oxygen atoms in total. The summed E-state index contributed by atoms with van der Waals surface area (Å²) in [5, 5.41) is 2.93. The van der Waals surface area contributed by atoms with Gasteiger partial charge in [0.2, 0.25) is 5.91 Å². The fraction of sp³-hybridized carbons (Fsp3) is 0.533. The Morgan fingerprint density at radius 2 is 1.71 bits per heavy atom. The molecule has 0 bridgehead atoms. The first-order valence-corrected chi connectivity index (χ1v) is 7.97. The normalized spacial score (nSPS) is 16.3. The number of rotatable bonds is 5. The number of hydrogen-bond donors (Lipinski definition) is 1. The number of benzene rings is 1. The highest BCUT2D eigenvalue weighted by molar-refractivity contribution is 9.10. The second-order valence-corrected chi connectivity index (χ2v) is 6.00. The SMILES string of the molecule is CCN1CCN(CCC(=O)Nc2ccc(Br)cc2)CC1.[Cl-]. The van der Waals surface area contributed by atoms with Crippen molar-refractivity contribution in [2.24, 2.45) is 0 Å². The quantitative estimate of drug-likeness (QED) is 0.748. The van der Waals surface area contributed by atoms with Crippen molar-refractivity contribution in [1.29, 1.82) is 0 Å². The highest BCUT2D eigenvalue weighted by Crippen LogP contribution is 2.14. The molecule has 6 heteroatoms. The minimum absolute atomic E-state index is 0. The smallest absolute Gasteiger partial charge is 0.225 e. The maximum Gasteiger partial charge on any atom is 0.225 e. The first-order valence-electron chi connectivity index (χ1n) is 7.17. The average Bonchev–Trinajstić information content (AvgIpc) is 2.48. The summed E-state index contributed by atoms with van der Waals surface area (Å²) in [7, 11) is 0. The Morgan fingerprint density at radius 1 is 1.14 bits per heavy atom. The second kappa shape index (κ2) is 9.41. The summed E-state index contributed by atoms with van der Waals surface area (Å²) in [5.74, 6) is 0.0882. The Bertz CT molecular complexity index is 433. The van der Waals surface area contributed by atoms with Gasteiger partial charge in [-0.3, -0.25) is 4.79 Å². The number of halogens is 2. The molecule has 0 spiro atoms. The summed E-state index contributed by atoms with van der Waals surface area (Å²) < 4.78 is 1.02. The van der Waals surface area contributed by atoms with E-state index in [2.05, 4.69) is 38.0 Å². The summed E-state index contributed by atoms with van der Waals surface area (Å²) in [6, 6.07) is 7.67. The van der Waals surface area contributed by atoms with Crippen molar-refractivity contribution >= 4 is 27.5 Å². The number of anilines is 1. The van der Waals surface area contributed by atoms with Crippen LogP contribution < -0.4 is 17.7 Å². The van der Waals surface area contributed by atoms with Crippen LogP contribution in [-0.2, 0) is 4.79 Å². The lowest BCUT2D eigenvalue weighted by atomic mass is 10.2. The molecule has 118 valence electrons. The van der Waals surface area contributed by atoms with Gasteiger partial charge in [0.05, 0.1) is 0 Å². The van der Waals surface area contributed by atoms with Crippen molar-refractivity contribution < 1.29 is 17.2 Å². The van der Waals surface area contributed by atoms with E-state index >= 15 is 0 Å². The summed E-state index contributed by atoms with van der Waals surface area (Å²) >= 11 is 3.38. The standard InChI is InChI=1S/C15H22BrN3O.ClH/c1-2-18-9-11-19(12-10-18)8-7-15(20)17-14-5-3-13(16)4-6-14;/h3-6H,2,7-12H2,1H3,(H,17,20);1H/p-1. The first-order chi connectivity index (χ1) is 9.67. The van der Waals surface area contributed by atoms with Gasteiger partial charge in [-0.15, -0.1) is 0 Å². The van der Waals surface area contributed by atoms with E-state index < -0.39 is 0 Å². The minimum atomic E-state index is 0. The molecule has 1 aliphatic rings. The predicted molar refractivity (Wildman–Crippen MR) is 85.9 cm³/mol. The van der Waals surface area contributed by atoms with Gasteiger partial charge in [-0.05, 0) is 30.8 Å². The van der Waals surface area contributed by atoms with Crippen LogP contribution in [0.15, 0.2) is 28.7 Å². The number of piperazine rings is 1. The molecule has 1 saturated heterocycles. The number of likely N-dealkylation sites (N-methyl/N-ethyl adjacent to an activating group) is 1. The molecule has 0 aromatic heterocycles. The molecule has 0 unspecified atom stereocenters. The third-order valence-electron chi connectivity index (χ3n) is 3.70. The molecule has 2 rings (SSSR count). The maximum absolute atomic E-state index is 11.9. The van der Waals surface area contributed by atoms with Crippen molar-refractivity contribution in [3.05, 3.63) is 28.7 Å². The molecule has 0 radical (unpaired) electrons. The van der Waals surface area contributed by atoms with E-state index in [0.717, 1.165) is 49.4 Å². The Hall–Kier alpha value is -0.620. The Morgan fingerprint density at radius 3 is 2.29 bits per heavy atom. The van der Waals surface area contributed by atoms with E-state index in [1.165, 1.54) is 0 Å². The van der Waals surface area contributed by atoms with Gasteiger partial charge in [0, 0.05) is 49.3 Å². The number of nitrogens with one attached hydrogen (secondary N) is 1. The molecule has 0 aliphatic carbocycles. The molecular formula is C15H22BrClN3O-. The number of carbonyl (C=O) groups is 1. The van der Waals surface area contributed by atoms with E-state index in [4.69, 9.17) is 0 Å². The van der Waals surface area contributed by atoms with E-state index in [1.807, 2.05) is 24.3 Å². The van der Waals surface area contributed by atoms with E-state index in [9.17, 15) is 4.79 Å². The number of nitrogens with zero attached hydrogens (tertiary/aromatic N) is 2. The van der Waals surface area contributed by atoms with Crippen LogP contribution >= 0.6 is 15.9 Å². The van der Waals surface area contributed by atoms with Crippen molar-refractivity contribution in [3.63, 3.8) is 0 Å². The minimum Gasteiger partial charge on any atom is -1.00 e. The summed E-state index contributed by atoms with van der Waals surface area (Å²) in [6.07, 6.45) is 0.558. The molecule has 1 aliphatic heterocycles. The molecule has 1 N–H and O–H groups in total. The van der Waals surface area contributed by atoms with E-state index in [-0.39, 0.29) is 18.3 Å². The summed E-state index contributed by atoms with van der Waals surface area (Å²) in [5.41, 5.74) is 0.856. The summed E-state index contributed by atoms with van der Waals surface area (Å²) in [4.78, 5) is 16.7. The summed E-state index contributed by atoms with van der Waals surface area (Å²) in [6.45, 7) is 8.54. The lowest BCUT2D eigenvalue weighted by molar-refractivity contribution is -0.116. The average molecular weight is 376 g/mol. The third-order valence-corrected chi connectivity index (χ3v) is 4.22. The van der Waals surface area contributed by atoms with Crippen LogP contribution in [0.1, 0.15) is 13.3 Å². The van der Waals surface area contributed by atoms with Crippen LogP contribution in [-0.4, -0.2) is 55.0 Å². The molecule has 0 atom stereocenters. The van der Waals surface area contributed by atoms with Crippen LogP contribution in [0.4, 0.5) is 5.69 Å². The molecular weight excluding hydrogens is 354 g/mol. The van der Waals surface area contributed by atoms with Gasteiger partial charge in [0.15, 0.2) is 0 Å². The molecule has 1 fully saturated rings. The molecule has 1 aromatic carbocycles. The van der Waals surface area contributed by atoms with Crippen LogP contribution in [0.3, 0.4) is 0 Å². The Kier molecular flexibility index (Phi) is 8.26. The lowest BCUT2D eigenvalue weighted by Gasteiger charge is -2.33. The molecule has 21 heavy (non-hydrogen) atoms. The van der Waals surface area contributed by atoms with Crippen molar-refractivity contribution in [3.8, 4) is 0 Å². The van der Waals surface area contributed by atoms with E-state index in [0.29, 0.717) is 6.42 Å². The first kappa shape index (κ1) is 18.4. The van der Waals surface area contributed by atoms with Crippen molar-refractivity contribution in [2.75, 3.05) is 44.6 Å². The fourth-order valence-electron chi connectivity index (χ4n) is 2.35. The second-order valence-electron chi connectivity index (χ2n) is 5.08. The van der Waals surface area contributed by atoms with Gasteiger partial charge < -0.3 is 27.5 Å². The Balaban J connectivity index is 0.00000220. The van der Waals surface area contributed by atoms with Gasteiger partial charge in [-0.2, -0.15) is 0 Å². The number of hydrogen-bond acceptors (Lipinski definition) is 3. The Labute approximate surface area is 141 Å². The zero-order chi connectivity index (χ0) is 14.4. The van der Waals surface area contributed by atoms with Crippen LogP contribution in [0.2, 0.25) is 0 Å². The van der Waals surface area contributed by atoms with Gasteiger partial charge in [-0.1, -0.05) is 22.9 Å². The topological polar surface area (TPSA) is 35.6 Å². The predicted octanol–water partition coefficient (Wildman–Crippen LogP) is -0.581. The molecule has 1 aromatic rings. The largest absolute Gasteiger partial charge is 1.00 e. The number of amides is 1. The third kappa shape index (κ3) is 6.34. The maximum atomic E-state index is 11.9. The van der Waals surface area contributed by atoms with Gasteiger partial charge in [-0.25, -0.2) is 0 Å². The van der Waals surface area contributed by atoms with Gasteiger partial charge in [0.25, 0.3) is 0 Å². The number of carbonyl (C=O) groups excluding carboxylic acids is 1. The van der Waals surface area contributed by atoms with Crippen molar-refractivity contribution in [1.82, 2.24) is 9.80 Å². The van der Waals surface area contributed by atoms with Gasteiger partial charge in [0.1, 0.15) is 0 Å². The molecule has 0 saturated carbocycles. The van der Waals surface area contributed by atoms with Crippen molar-refractivity contribution in [2.45, 2.75) is 13.3 Å². The highest BCUT2D eigenvalue weighted by Gasteiger charge is 2.15. The fourth-order valence-corrected chi connectivity index (χ4v) is 2.61. The van der Waals surface area contributed by atoms with Crippen LogP contribution in [0.5, 0.6) is 0 Å². The van der Waals surface area contributed by atoms with E-state index in [1.54, 1.807) is 0 Å². The molecule has 1 amide bonds. The highest BCUT2D eigenvalue weighted by atomic mass is 79.9. The van der Waals surface area contributed by atoms with Gasteiger partial charge >= 0.3 is 0 Å². The van der Waals surface area contributed by atoms with Crippen LogP contribution in [0.25, 0.3) is 0 Å². The zero-order valence-corrected chi connectivity index (χ0v) is 14.7. The monoisotopic (exact) mass is 374 g/mol.